The van der Waals surface area contributed by atoms with Crippen molar-refractivity contribution in [1.82, 2.24) is 0 Å². The van der Waals surface area contributed by atoms with Crippen molar-refractivity contribution in [2.24, 2.45) is 0 Å². The highest BCUT2D eigenvalue weighted by Gasteiger charge is 2.12. The first-order chi connectivity index (χ1) is 18.6. The summed E-state index contributed by atoms with van der Waals surface area (Å²) in [6.45, 7) is 6.42. The SMILES string of the molecule is COCCOCCOCCOCCOCCOCCOCCOC(=O)CCc1cc(OC)c(O)c(OC)c1. The summed E-state index contributed by atoms with van der Waals surface area (Å²) in [5.74, 6) is 0.164. The fourth-order valence-electron chi connectivity index (χ4n) is 2.97. The first-order valence-corrected chi connectivity index (χ1v) is 12.7. The maximum Gasteiger partial charge on any atom is 0.306 e. The third kappa shape index (κ3) is 17.3. The van der Waals surface area contributed by atoms with E-state index in [-0.39, 0.29) is 42.9 Å². The molecule has 38 heavy (non-hydrogen) atoms. The van der Waals surface area contributed by atoms with Gasteiger partial charge < -0.3 is 52.5 Å². The Morgan fingerprint density at radius 3 is 1.34 bits per heavy atom. The summed E-state index contributed by atoms with van der Waals surface area (Å²) in [7, 11) is 4.54. The van der Waals surface area contributed by atoms with Crippen LogP contribution in [0.25, 0.3) is 0 Å². The number of aromatic hydroxyl groups is 1. The van der Waals surface area contributed by atoms with E-state index < -0.39 is 0 Å². The molecule has 0 aliphatic carbocycles. The summed E-state index contributed by atoms with van der Waals surface area (Å²) in [6, 6.07) is 3.32. The second-order valence-corrected chi connectivity index (χ2v) is 7.74. The van der Waals surface area contributed by atoms with E-state index in [2.05, 4.69) is 0 Å². The van der Waals surface area contributed by atoms with E-state index in [1.54, 1.807) is 19.2 Å². The van der Waals surface area contributed by atoms with Gasteiger partial charge in [0, 0.05) is 13.5 Å². The van der Waals surface area contributed by atoms with Gasteiger partial charge in [0.05, 0.1) is 100 Å². The third-order valence-corrected chi connectivity index (χ3v) is 4.94. The minimum Gasteiger partial charge on any atom is -0.502 e. The van der Waals surface area contributed by atoms with Crippen molar-refractivity contribution >= 4 is 5.97 Å². The molecule has 1 aromatic rings. The Morgan fingerprint density at radius 2 is 0.974 bits per heavy atom. The Kier molecular flexibility index (Phi) is 21.3. The van der Waals surface area contributed by atoms with Crippen LogP contribution in [0.3, 0.4) is 0 Å². The van der Waals surface area contributed by atoms with Crippen LogP contribution in [0.2, 0.25) is 0 Å². The first-order valence-electron chi connectivity index (χ1n) is 12.7. The fraction of sp³-hybridized carbons (Fsp3) is 0.731. The molecule has 0 bridgehead atoms. The number of hydrogen-bond acceptors (Lipinski definition) is 12. The summed E-state index contributed by atoms with van der Waals surface area (Å²) in [4.78, 5) is 11.9. The van der Waals surface area contributed by atoms with Crippen molar-refractivity contribution in [1.29, 1.82) is 0 Å². The molecule has 1 rings (SSSR count). The van der Waals surface area contributed by atoms with Crippen LogP contribution in [-0.2, 0) is 49.1 Å². The molecule has 1 N–H and O–H groups in total. The number of methoxy groups -OCH3 is 3. The zero-order chi connectivity index (χ0) is 27.7. The molecule has 1 aromatic carbocycles. The molecule has 12 nitrogen and oxygen atoms in total. The lowest BCUT2D eigenvalue weighted by Gasteiger charge is -2.11. The van der Waals surface area contributed by atoms with Crippen LogP contribution in [0.5, 0.6) is 17.2 Å². The largest absolute Gasteiger partial charge is 0.502 e. The molecule has 0 amide bonds. The zero-order valence-corrected chi connectivity index (χ0v) is 22.9. The highest BCUT2D eigenvalue weighted by molar-refractivity contribution is 5.69. The summed E-state index contributed by atoms with van der Waals surface area (Å²) in [5.41, 5.74) is 0.791. The lowest BCUT2D eigenvalue weighted by atomic mass is 10.1. The van der Waals surface area contributed by atoms with Gasteiger partial charge in [-0.2, -0.15) is 0 Å². The van der Waals surface area contributed by atoms with Crippen molar-refractivity contribution in [3.63, 3.8) is 0 Å². The zero-order valence-electron chi connectivity index (χ0n) is 22.9. The van der Waals surface area contributed by atoms with Crippen LogP contribution in [0.1, 0.15) is 12.0 Å². The second kappa shape index (κ2) is 23.9. The van der Waals surface area contributed by atoms with Crippen molar-refractivity contribution in [2.75, 3.05) is 114 Å². The van der Waals surface area contributed by atoms with Crippen LogP contribution >= 0.6 is 0 Å². The van der Waals surface area contributed by atoms with E-state index in [0.29, 0.717) is 85.7 Å². The molecule has 0 aliphatic heterocycles. The summed E-state index contributed by atoms with van der Waals surface area (Å²) >= 11 is 0. The Balaban J connectivity index is 1.85. The lowest BCUT2D eigenvalue weighted by molar-refractivity contribution is -0.145. The normalized spacial score (nSPS) is 11.0. The summed E-state index contributed by atoms with van der Waals surface area (Å²) < 4.78 is 52.6. The highest BCUT2D eigenvalue weighted by atomic mass is 16.6. The van der Waals surface area contributed by atoms with Crippen molar-refractivity contribution in [3.8, 4) is 17.2 Å². The van der Waals surface area contributed by atoms with E-state index in [1.807, 2.05) is 0 Å². The number of phenols is 1. The van der Waals surface area contributed by atoms with Crippen LogP contribution in [-0.4, -0.2) is 125 Å². The average molecular weight is 549 g/mol. The smallest absolute Gasteiger partial charge is 0.306 e. The van der Waals surface area contributed by atoms with E-state index in [9.17, 15) is 9.90 Å². The van der Waals surface area contributed by atoms with Gasteiger partial charge in [0.15, 0.2) is 11.5 Å². The molecule has 0 aromatic heterocycles. The first kappa shape index (κ1) is 33.8. The number of benzene rings is 1. The van der Waals surface area contributed by atoms with Crippen LogP contribution in [0.4, 0.5) is 0 Å². The number of hydrogen-bond donors (Lipinski definition) is 1. The van der Waals surface area contributed by atoms with Gasteiger partial charge in [-0.3, -0.25) is 4.79 Å². The number of esters is 1. The van der Waals surface area contributed by atoms with Crippen molar-refractivity contribution in [3.05, 3.63) is 17.7 Å². The monoisotopic (exact) mass is 548 g/mol. The number of aryl methyl sites for hydroxylation is 1. The van der Waals surface area contributed by atoms with Crippen molar-refractivity contribution < 1.29 is 57.3 Å². The molecule has 0 saturated carbocycles. The Bertz CT molecular complexity index is 690. The molecule has 0 unspecified atom stereocenters. The number of ether oxygens (including phenoxy) is 10. The van der Waals surface area contributed by atoms with Gasteiger partial charge >= 0.3 is 5.97 Å². The van der Waals surface area contributed by atoms with E-state index in [4.69, 9.17) is 47.4 Å². The predicted molar refractivity (Wildman–Crippen MR) is 137 cm³/mol. The number of phenolic OH excluding ortho intramolecular Hbond substituents is 1. The molecule has 0 saturated heterocycles. The molecule has 0 fully saturated rings. The van der Waals surface area contributed by atoms with Gasteiger partial charge in [0.25, 0.3) is 0 Å². The molecule has 220 valence electrons. The van der Waals surface area contributed by atoms with Gasteiger partial charge in [-0.05, 0) is 24.1 Å². The molecular formula is C26H44O12. The number of rotatable bonds is 26. The van der Waals surface area contributed by atoms with Gasteiger partial charge in [-0.1, -0.05) is 0 Å². The molecule has 0 heterocycles. The maximum absolute atomic E-state index is 11.9. The van der Waals surface area contributed by atoms with E-state index in [1.165, 1.54) is 14.2 Å². The molecule has 0 aliphatic rings. The number of carbonyl (C=O) groups excluding carboxylic acids is 1. The van der Waals surface area contributed by atoms with Crippen LogP contribution in [0, 0.1) is 0 Å². The summed E-state index contributed by atoms with van der Waals surface area (Å²) in [5, 5.41) is 9.94. The van der Waals surface area contributed by atoms with Gasteiger partial charge in [0.1, 0.15) is 6.61 Å². The van der Waals surface area contributed by atoms with Crippen LogP contribution < -0.4 is 9.47 Å². The molecule has 12 heteroatoms. The standard InChI is InChI=1S/C26H44O12/c1-29-6-7-32-8-9-33-10-11-34-12-13-35-14-15-36-16-17-37-18-19-38-25(27)5-4-22-20-23(30-2)26(28)24(21-22)31-3/h20-21,28H,4-19H2,1-3H3. The molecular weight excluding hydrogens is 504 g/mol. The van der Waals surface area contributed by atoms with Crippen LogP contribution in [0.15, 0.2) is 12.1 Å². The predicted octanol–water partition coefficient (Wildman–Crippen LogP) is 1.63. The Morgan fingerprint density at radius 1 is 0.605 bits per heavy atom. The quantitative estimate of drug-likeness (QED) is 0.133. The maximum atomic E-state index is 11.9. The Hall–Kier alpha value is -2.19. The summed E-state index contributed by atoms with van der Waals surface area (Å²) in [6.07, 6.45) is 0.610. The van der Waals surface area contributed by atoms with Gasteiger partial charge in [-0.25, -0.2) is 0 Å². The average Bonchev–Trinajstić information content (AvgIpc) is 2.93. The molecule has 0 radical (unpaired) electrons. The van der Waals surface area contributed by atoms with Gasteiger partial charge in [0.2, 0.25) is 5.75 Å². The minimum absolute atomic E-state index is 0.0747. The highest BCUT2D eigenvalue weighted by Crippen LogP contribution is 2.37. The number of carbonyl (C=O) groups is 1. The molecule has 0 spiro atoms. The third-order valence-electron chi connectivity index (χ3n) is 4.94. The molecule has 0 atom stereocenters. The topological polar surface area (TPSA) is 130 Å². The minimum atomic E-state index is -0.340. The van der Waals surface area contributed by atoms with Gasteiger partial charge in [-0.15, -0.1) is 0 Å². The Labute approximate surface area is 225 Å². The van der Waals surface area contributed by atoms with Crippen molar-refractivity contribution in [2.45, 2.75) is 12.8 Å². The fourth-order valence-corrected chi connectivity index (χ4v) is 2.97. The van der Waals surface area contributed by atoms with E-state index in [0.717, 1.165) is 5.56 Å². The second-order valence-electron chi connectivity index (χ2n) is 7.74. The van der Waals surface area contributed by atoms with E-state index >= 15 is 0 Å². The lowest BCUT2D eigenvalue weighted by Crippen LogP contribution is -2.15.